The van der Waals surface area contributed by atoms with Crippen LogP contribution >= 0.6 is 21.6 Å². The van der Waals surface area contributed by atoms with Crippen LogP contribution in [0, 0.1) is 47.1 Å². The van der Waals surface area contributed by atoms with E-state index in [1.807, 2.05) is 18.2 Å². The predicted molar refractivity (Wildman–Crippen MR) is 251 cm³/mol. The summed E-state index contributed by atoms with van der Waals surface area (Å²) in [5.74, 6) is 0. The molecule has 0 aliphatic carbocycles. The molecule has 67 heavy (non-hydrogen) atoms. The van der Waals surface area contributed by atoms with Gasteiger partial charge in [0.1, 0.15) is 0 Å². The summed E-state index contributed by atoms with van der Waals surface area (Å²) in [5, 5.41) is 6.13. The first-order valence-corrected chi connectivity index (χ1v) is 28.5. The second kappa shape index (κ2) is 26.1. The Hall–Kier alpha value is -3.28. The minimum absolute atomic E-state index is 0. The predicted octanol–water partition coefficient (Wildman–Crippen LogP) is 3.73. The van der Waals surface area contributed by atoms with Gasteiger partial charge in [-0.25, -0.2) is 0 Å². The van der Waals surface area contributed by atoms with Crippen LogP contribution in [0.2, 0.25) is 0 Å². The molecular weight excluding hydrogens is 1310 g/mol. The number of benzene rings is 7. The van der Waals surface area contributed by atoms with E-state index in [1.54, 1.807) is 134 Å². The first-order valence-electron chi connectivity index (χ1n) is 19.7. The van der Waals surface area contributed by atoms with Crippen LogP contribution in [0.5, 0.6) is 0 Å². The molecule has 8 aromatic rings. The fourth-order valence-electron chi connectivity index (χ4n) is 6.45. The Kier molecular flexibility index (Phi) is 22.6. The average Bonchev–Trinajstić information content (AvgIpc) is 3.31. The molecule has 2 radical (unpaired) electrons. The summed E-state index contributed by atoms with van der Waals surface area (Å²) in [4.78, 5) is 3.78. The van der Waals surface area contributed by atoms with Crippen molar-refractivity contribution >= 4 is 58.7 Å². The molecule has 0 aliphatic heterocycles. The van der Waals surface area contributed by atoms with E-state index in [1.165, 1.54) is 15.9 Å². The molecule has 0 spiro atoms. The number of hydrogen-bond donors (Lipinski definition) is 0. The van der Waals surface area contributed by atoms with Gasteiger partial charge in [-0.3, -0.25) is 4.98 Å². The molecule has 1 heterocycles. The summed E-state index contributed by atoms with van der Waals surface area (Å²) in [5.41, 5.74) is 0. The van der Waals surface area contributed by atoms with E-state index >= 15 is 0 Å². The molecule has 1 aromatic heterocycles. The monoisotopic (exact) mass is 1360 g/mol. The van der Waals surface area contributed by atoms with Crippen molar-refractivity contribution in [1.29, 1.82) is 0 Å². The molecule has 0 aliphatic rings. The molecule has 0 bridgehead atoms. The summed E-state index contributed by atoms with van der Waals surface area (Å²) < 4.78 is 76.6. The van der Waals surface area contributed by atoms with Crippen molar-refractivity contribution in [2.24, 2.45) is 0 Å². The van der Waals surface area contributed by atoms with Crippen LogP contribution < -0.4 is 65.1 Å². The quantitative estimate of drug-likeness (QED) is 0.107. The molecule has 0 saturated carbocycles. The molecule has 0 unspecified atom stereocenters. The minimum Gasteiger partial charge on any atom is -0.265 e. The molecule has 8 rings (SSSR count). The zero-order valence-corrected chi connectivity index (χ0v) is 44.4. The maximum atomic E-state index is 11.1. The van der Waals surface area contributed by atoms with Gasteiger partial charge in [0.15, 0.2) is 0 Å². The van der Waals surface area contributed by atoms with E-state index < -0.39 is 42.1 Å². The summed E-state index contributed by atoms with van der Waals surface area (Å²) in [6, 6.07) is 72.1. The van der Waals surface area contributed by atoms with Crippen molar-refractivity contribution in [3.8, 4) is 0 Å². The van der Waals surface area contributed by atoms with Gasteiger partial charge in [-0.05, 0) is 36.0 Å². The fraction of sp³-hybridized carbons (Fsp3) is 0. The van der Waals surface area contributed by atoms with Gasteiger partial charge < -0.3 is 0 Å². The van der Waals surface area contributed by atoms with Gasteiger partial charge in [-0.2, -0.15) is 0 Å². The first-order chi connectivity index (χ1) is 30.9. The van der Waals surface area contributed by atoms with Crippen LogP contribution in [0.3, 0.4) is 0 Å². The molecule has 0 atom stereocenters. The number of pyridine rings is 1. The van der Waals surface area contributed by atoms with E-state index in [0.717, 1.165) is 0 Å². The van der Waals surface area contributed by atoms with Crippen molar-refractivity contribution < 1.29 is 101 Å². The molecule has 9 nitrogen and oxygen atoms in total. The average molecular weight is 1360 g/mol. The summed E-state index contributed by atoms with van der Waals surface area (Å²) in [7, 11) is -9.76. The summed E-state index contributed by atoms with van der Waals surface area (Å²) >= 11 is 0. The third-order valence-corrected chi connectivity index (χ3v) is 22.0. The standard InChI is InChI=1S/C18H15P.2C14H14ClO4P.C5H5N.2Au/c1-4-10-16(11-5-1)19(17-12-6-2-7-13-17)18-14-8-3-9-15-18;2*1-20(2,19-15(16,17)18,13-9-5-3-6-10-13)14-11-7-4-8-12-14;1-2-4-6-5-3-1;;/h1-15H;2*3-12H,1-2H2;1-5H;;/q;2*-2;;;. The summed E-state index contributed by atoms with van der Waals surface area (Å²) in [6.07, 6.45) is 3.50. The molecule has 0 N–H and O–H groups in total. The van der Waals surface area contributed by atoms with Crippen LogP contribution in [0.1, 0.15) is 0 Å². The Labute approximate surface area is 431 Å². The number of hydrogen-bond acceptors (Lipinski definition) is 9. The smallest absolute Gasteiger partial charge is 0.0267 e. The van der Waals surface area contributed by atoms with Gasteiger partial charge in [0.05, 0.1) is 0 Å². The Morgan fingerprint density at radius 1 is 0.328 bits per heavy atom. The molecule has 0 fully saturated rings. The van der Waals surface area contributed by atoms with E-state index in [-0.39, 0.29) is 44.8 Å². The normalized spacial score (nSPS) is 12.4. The second-order valence-electron chi connectivity index (χ2n) is 14.4. The second-order valence-corrected chi connectivity index (χ2v) is 27.0. The van der Waals surface area contributed by atoms with Crippen molar-refractivity contribution in [3.63, 3.8) is 0 Å². The van der Waals surface area contributed by atoms with Crippen LogP contribution in [0.15, 0.2) is 243 Å². The topological polar surface area (TPSA) is 170 Å². The maximum absolute atomic E-state index is 11.1. The molecule has 7 aromatic carbocycles. The van der Waals surface area contributed by atoms with E-state index in [4.69, 9.17) is 8.15 Å². The van der Waals surface area contributed by atoms with Gasteiger partial charge >= 0.3 is 239 Å². The largest absolute Gasteiger partial charge is 0.265 e. The van der Waals surface area contributed by atoms with E-state index in [2.05, 4.69) is 123 Å². The van der Waals surface area contributed by atoms with Gasteiger partial charge in [0.2, 0.25) is 0 Å². The Bertz CT molecular complexity index is 2280. The summed E-state index contributed by atoms with van der Waals surface area (Å²) in [6.45, 7) is 7.67. The first kappa shape index (κ1) is 58.0. The maximum Gasteiger partial charge on any atom is 0.0267 e. The SMILES string of the molecule is [Au].[Au].[CH2-]P([CH2-])(O[Cl+3]([O-])([O-])[O-])(c1ccccc1)c1ccccc1.[CH2-]P([CH2-])(O[Cl+3]([O-])([O-])[O-])(c1ccccc1)c1ccccc1.c1ccc(P(c2ccccc2)c2ccccc2)cc1.c1ccncc1. The zero-order valence-electron chi connectivity index (χ0n) is 35.8. The molecular formula is C51H48Au2Cl2NO8P3-4. The van der Waals surface area contributed by atoms with Gasteiger partial charge in [-0.1, -0.05) is 97.1 Å². The number of rotatable bonds is 11. The van der Waals surface area contributed by atoms with Gasteiger partial charge in [0, 0.05) is 57.2 Å². The van der Waals surface area contributed by atoms with Crippen LogP contribution in [-0.4, -0.2) is 4.98 Å². The number of aromatic nitrogens is 1. The van der Waals surface area contributed by atoms with Crippen LogP contribution in [-0.2, 0) is 52.9 Å². The van der Waals surface area contributed by atoms with Crippen molar-refractivity contribution in [2.75, 3.05) is 0 Å². The minimum atomic E-state index is -4.66. The Morgan fingerprint density at radius 2 is 0.522 bits per heavy atom. The Balaban J connectivity index is 0.000000247. The molecule has 0 amide bonds. The third kappa shape index (κ3) is 17.0. The molecule has 360 valence electrons. The number of nitrogens with zero attached hydrogens (tertiary/aromatic N) is 1. The van der Waals surface area contributed by atoms with E-state index in [9.17, 15) is 28.0 Å². The fourth-order valence-corrected chi connectivity index (χ4v) is 17.4. The third-order valence-electron chi connectivity index (χ3n) is 9.54. The van der Waals surface area contributed by atoms with Crippen molar-refractivity contribution in [3.05, 3.63) is 270 Å². The van der Waals surface area contributed by atoms with E-state index in [0.29, 0.717) is 21.2 Å². The zero-order chi connectivity index (χ0) is 46.9. The molecule has 0 saturated heterocycles. The Morgan fingerprint density at radius 3 is 0.687 bits per heavy atom. The van der Waals surface area contributed by atoms with Crippen LogP contribution in [0.4, 0.5) is 0 Å². The van der Waals surface area contributed by atoms with Gasteiger partial charge in [-0.15, -0.1) is 0 Å². The number of halogens is 2. The van der Waals surface area contributed by atoms with Crippen molar-refractivity contribution in [1.82, 2.24) is 4.98 Å². The van der Waals surface area contributed by atoms with Gasteiger partial charge in [0.25, 0.3) is 0 Å². The molecule has 16 heteroatoms. The van der Waals surface area contributed by atoms with Crippen LogP contribution in [0.25, 0.3) is 0 Å². The van der Waals surface area contributed by atoms with Crippen molar-refractivity contribution in [2.45, 2.75) is 0 Å².